The molecule has 3 nitrogen and oxygen atoms in total. The zero-order chi connectivity index (χ0) is 11.7. The molecule has 0 amide bonds. The minimum Gasteiger partial charge on any atom is -0.481 e. The lowest BCUT2D eigenvalue weighted by Gasteiger charge is -2.15. The Labute approximate surface area is 95.5 Å². The molecule has 0 spiro atoms. The molecule has 86 valence electrons. The number of benzene rings is 1. The number of nitrogens with one attached hydrogen (secondary N) is 1. The Hall–Kier alpha value is -1.51. The predicted octanol–water partition coefficient (Wildman–Crippen LogP) is 2.31. The summed E-state index contributed by atoms with van der Waals surface area (Å²) in [7, 11) is 0. The van der Waals surface area contributed by atoms with Crippen LogP contribution >= 0.6 is 0 Å². The first-order valence-electron chi connectivity index (χ1n) is 5.73. The van der Waals surface area contributed by atoms with Crippen molar-refractivity contribution in [3.05, 3.63) is 29.3 Å². The van der Waals surface area contributed by atoms with E-state index < -0.39 is 5.97 Å². The maximum atomic E-state index is 10.9. The molecule has 1 heterocycles. The number of hydrogen-bond acceptors (Lipinski definition) is 2. The van der Waals surface area contributed by atoms with E-state index in [0.717, 1.165) is 18.5 Å². The molecule has 0 bridgehead atoms. The number of carboxylic acids is 1. The molecule has 16 heavy (non-hydrogen) atoms. The Bertz CT molecular complexity index is 414. The molecule has 2 unspecified atom stereocenters. The van der Waals surface area contributed by atoms with E-state index >= 15 is 0 Å². The van der Waals surface area contributed by atoms with Gasteiger partial charge in [-0.15, -0.1) is 0 Å². The van der Waals surface area contributed by atoms with Crippen molar-refractivity contribution in [1.29, 1.82) is 0 Å². The molecule has 1 aromatic rings. The summed E-state index contributed by atoms with van der Waals surface area (Å²) >= 11 is 0. The van der Waals surface area contributed by atoms with Gasteiger partial charge in [0.05, 0.1) is 5.92 Å². The first-order chi connectivity index (χ1) is 7.61. The summed E-state index contributed by atoms with van der Waals surface area (Å²) < 4.78 is 0. The third-order valence-corrected chi connectivity index (χ3v) is 3.35. The van der Waals surface area contributed by atoms with Crippen molar-refractivity contribution in [2.75, 3.05) is 5.32 Å². The van der Waals surface area contributed by atoms with Crippen molar-refractivity contribution in [3.63, 3.8) is 0 Å². The lowest BCUT2D eigenvalue weighted by atomic mass is 9.98. The molecule has 0 aromatic heterocycles. The van der Waals surface area contributed by atoms with Crippen LogP contribution in [-0.4, -0.2) is 17.1 Å². The number of aliphatic carboxylic acids is 1. The summed E-state index contributed by atoms with van der Waals surface area (Å²) in [5, 5.41) is 12.3. The molecule has 0 fully saturated rings. The van der Waals surface area contributed by atoms with Gasteiger partial charge < -0.3 is 10.4 Å². The molecule has 0 aliphatic carbocycles. The van der Waals surface area contributed by atoms with Gasteiger partial charge in [-0.2, -0.15) is 0 Å². The van der Waals surface area contributed by atoms with E-state index in [4.69, 9.17) is 5.11 Å². The van der Waals surface area contributed by atoms with E-state index in [-0.39, 0.29) is 12.0 Å². The third-order valence-electron chi connectivity index (χ3n) is 3.35. The van der Waals surface area contributed by atoms with E-state index in [1.165, 1.54) is 11.1 Å². The Morgan fingerprint density at radius 3 is 3.00 bits per heavy atom. The summed E-state index contributed by atoms with van der Waals surface area (Å²) in [6.45, 7) is 3.88. The van der Waals surface area contributed by atoms with Gasteiger partial charge in [-0.25, -0.2) is 0 Å². The van der Waals surface area contributed by atoms with Gasteiger partial charge in [0.2, 0.25) is 0 Å². The van der Waals surface area contributed by atoms with Crippen LogP contribution in [0, 0.1) is 5.92 Å². The van der Waals surface area contributed by atoms with Gasteiger partial charge in [-0.1, -0.05) is 19.1 Å². The zero-order valence-electron chi connectivity index (χ0n) is 9.66. The lowest BCUT2D eigenvalue weighted by Crippen LogP contribution is -2.30. The molecule has 0 saturated heterocycles. The van der Waals surface area contributed by atoms with Gasteiger partial charge in [0.1, 0.15) is 0 Å². The van der Waals surface area contributed by atoms with Gasteiger partial charge in [-0.05, 0) is 37.0 Å². The largest absolute Gasteiger partial charge is 0.481 e. The molecule has 1 aliphatic rings. The van der Waals surface area contributed by atoms with E-state index in [2.05, 4.69) is 30.4 Å². The fraction of sp³-hybridized carbons (Fsp3) is 0.462. The molecule has 2 atom stereocenters. The van der Waals surface area contributed by atoms with Crippen LogP contribution in [0.3, 0.4) is 0 Å². The average molecular weight is 219 g/mol. The smallest absolute Gasteiger partial charge is 0.308 e. The van der Waals surface area contributed by atoms with Gasteiger partial charge in [0.25, 0.3) is 0 Å². The fourth-order valence-electron chi connectivity index (χ4n) is 2.14. The molecule has 1 aliphatic heterocycles. The van der Waals surface area contributed by atoms with Crippen LogP contribution in [0.1, 0.15) is 25.0 Å². The summed E-state index contributed by atoms with van der Waals surface area (Å²) in [6, 6.07) is 6.36. The van der Waals surface area contributed by atoms with E-state index in [1.54, 1.807) is 6.92 Å². The van der Waals surface area contributed by atoms with Crippen LogP contribution in [0.4, 0.5) is 5.69 Å². The topological polar surface area (TPSA) is 49.3 Å². The second-order valence-electron chi connectivity index (χ2n) is 4.43. The maximum absolute atomic E-state index is 10.9. The van der Waals surface area contributed by atoms with Crippen LogP contribution < -0.4 is 5.32 Å². The van der Waals surface area contributed by atoms with Crippen molar-refractivity contribution in [2.45, 2.75) is 32.7 Å². The second-order valence-corrected chi connectivity index (χ2v) is 4.43. The SMILES string of the molecule is CCc1ccc2c(c1)CC(C(C)C(=O)O)N2. The minimum absolute atomic E-state index is 0.0274. The summed E-state index contributed by atoms with van der Waals surface area (Å²) in [4.78, 5) is 10.9. The second kappa shape index (κ2) is 4.16. The number of aryl methyl sites for hydroxylation is 1. The Morgan fingerprint density at radius 1 is 1.62 bits per heavy atom. The van der Waals surface area contributed by atoms with Crippen molar-refractivity contribution >= 4 is 11.7 Å². The van der Waals surface area contributed by atoms with Gasteiger partial charge >= 0.3 is 5.97 Å². The molecule has 2 rings (SSSR count). The normalized spacial score (nSPS) is 20.0. The van der Waals surface area contributed by atoms with E-state index in [9.17, 15) is 4.79 Å². The number of hydrogen-bond donors (Lipinski definition) is 2. The zero-order valence-corrected chi connectivity index (χ0v) is 9.66. The third kappa shape index (κ3) is 1.90. The average Bonchev–Trinajstić information content (AvgIpc) is 2.69. The highest BCUT2D eigenvalue weighted by Gasteiger charge is 2.29. The summed E-state index contributed by atoms with van der Waals surface area (Å²) in [5.41, 5.74) is 3.65. The Morgan fingerprint density at radius 2 is 2.38 bits per heavy atom. The number of anilines is 1. The Balaban J connectivity index is 2.17. The number of carbonyl (C=O) groups is 1. The molecule has 0 radical (unpaired) electrons. The first kappa shape index (κ1) is 11.0. The fourth-order valence-corrected chi connectivity index (χ4v) is 2.14. The van der Waals surface area contributed by atoms with Gasteiger partial charge in [0.15, 0.2) is 0 Å². The highest BCUT2D eigenvalue weighted by atomic mass is 16.4. The lowest BCUT2D eigenvalue weighted by molar-refractivity contribution is -0.141. The van der Waals surface area contributed by atoms with Crippen molar-refractivity contribution in [1.82, 2.24) is 0 Å². The number of rotatable bonds is 3. The van der Waals surface area contributed by atoms with Crippen molar-refractivity contribution < 1.29 is 9.90 Å². The van der Waals surface area contributed by atoms with Crippen molar-refractivity contribution in [2.24, 2.45) is 5.92 Å². The maximum Gasteiger partial charge on any atom is 0.308 e. The molecule has 3 heteroatoms. The highest BCUT2D eigenvalue weighted by Crippen LogP contribution is 2.30. The van der Waals surface area contributed by atoms with Crippen LogP contribution in [0.2, 0.25) is 0 Å². The van der Waals surface area contributed by atoms with E-state index in [1.807, 2.05) is 0 Å². The molecular formula is C13H17NO2. The molecule has 0 saturated carbocycles. The van der Waals surface area contributed by atoms with Crippen LogP contribution in [0.5, 0.6) is 0 Å². The summed E-state index contributed by atoms with van der Waals surface area (Å²) in [6.07, 6.45) is 1.84. The molecular weight excluding hydrogens is 202 g/mol. The van der Waals surface area contributed by atoms with Crippen LogP contribution in [-0.2, 0) is 17.6 Å². The molecule has 2 N–H and O–H groups in total. The number of fused-ring (bicyclic) bond motifs is 1. The highest BCUT2D eigenvalue weighted by molar-refractivity contribution is 5.72. The monoisotopic (exact) mass is 219 g/mol. The minimum atomic E-state index is -0.735. The number of carboxylic acid groups (broad SMARTS) is 1. The standard InChI is InChI=1S/C13H17NO2/c1-3-9-4-5-11-10(6-9)7-12(14-11)8(2)13(15)16/h4-6,8,12,14H,3,7H2,1-2H3,(H,15,16). The van der Waals surface area contributed by atoms with Gasteiger partial charge in [-0.3, -0.25) is 4.79 Å². The Kier molecular flexibility index (Phi) is 2.86. The van der Waals surface area contributed by atoms with Crippen LogP contribution in [0.25, 0.3) is 0 Å². The van der Waals surface area contributed by atoms with E-state index in [0.29, 0.717) is 0 Å². The predicted molar refractivity (Wildman–Crippen MR) is 63.7 cm³/mol. The van der Waals surface area contributed by atoms with Crippen LogP contribution in [0.15, 0.2) is 18.2 Å². The summed E-state index contributed by atoms with van der Waals surface area (Å²) in [5.74, 6) is -1.08. The molecule has 1 aromatic carbocycles. The first-order valence-corrected chi connectivity index (χ1v) is 5.73. The quantitative estimate of drug-likeness (QED) is 0.820. The van der Waals surface area contributed by atoms with Crippen molar-refractivity contribution in [3.8, 4) is 0 Å². The van der Waals surface area contributed by atoms with Gasteiger partial charge in [0, 0.05) is 11.7 Å².